The van der Waals surface area contributed by atoms with E-state index in [1.807, 2.05) is 0 Å². The molecule has 1 aromatic rings. The van der Waals surface area contributed by atoms with Gasteiger partial charge in [-0.15, -0.1) is 0 Å². The molecule has 2 rings (SSSR count). The summed E-state index contributed by atoms with van der Waals surface area (Å²) in [5.41, 5.74) is 1.15. The highest BCUT2D eigenvalue weighted by molar-refractivity contribution is 6.32. The molecule has 17 heavy (non-hydrogen) atoms. The lowest BCUT2D eigenvalue weighted by atomic mass is 10.1. The Balaban J connectivity index is 2.44. The van der Waals surface area contributed by atoms with Crippen molar-refractivity contribution in [3.63, 3.8) is 0 Å². The third kappa shape index (κ3) is 2.53. The van der Waals surface area contributed by atoms with Gasteiger partial charge in [0.05, 0.1) is 17.3 Å². The van der Waals surface area contributed by atoms with E-state index in [-0.39, 0.29) is 5.75 Å². The first kappa shape index (κ1) is 11.8. The molecule has 1 N–H and O–H groups in total. The number of phenolic OH excluding ortho intramolecular Hbond substituents is 1. The summed E-state index contributed by atoms with van der Waals surface area (Å²) in [6, 6.07) is 4.59. The van der Waals surface area contributed by atoms with Crippen molar-refractivity contribution in [3.05, 3.63) is 35.0 Å². The lowest BCUT2D eigenvalue weighted by molar-refractivity contribution is -0.115. The minimum atomic E-state index is 0.0976. The standard InChI is InChI=1S/C12H12ClNO3/c13-11-3-2-9(16)6-10(11)12-7-17-5-1-4-14(12)8-15/h2-3,6-8,16H,1,4-5H2. The number of hydrogen-bond donors (Lipinski definition) is 1. The van der Waals surface area contributed by atoms with Gasteiger partial charge in [0.1, 0.15) is 12.0 Å². The molecule has 0 unspecified atom stereocenters. The van der Waals surface area contributed by atoms with Gasteiger partial charge in [0.15, 0.2) is 0 Å². The van der Waals surface area contributed by atoms with Crippen molar-refractivity contribution >= 4 is 23.7 Å². The fourth-order valence-electron chi connectivity index (χ4n) is 1.68. The van der Waals surface area contributed by atoms with Crippen molar-refractivity contribution in [2.75, 3.05) is 13.2 Å². The van der Waals surface area contributed by atoms with Crippen LogP contribution < -0.4 is 0 Å². The van der Waals surface area contributed by atoms with E-state index in [4.69, 9.17) is 16.3 Å². The third-order valence-electron chi connectivity index (χ3n) is 2.52. The van der Waals surface area contributed by atoms with Gasteiger partial charge in [-0.2, -0.15) is 0 Å². The zero-order valence-electron chi connectivity index (χ0n) is 9.10. The smallest absolute Gasteiger partial charge is 0.214 e. The molecule has 0 saturated heterocycles. The minimum absolute atomic E-state index is 0.0976. The van der Waals surface area contributed by atoms with Crippen LogP contribution in [0.5, 0.6) is 5.75 Å². The monoisotopic (exact) mass is 253 g/mol. The van der Waals surface area contributed by atoms with Gasteiger partial charge in [-0.3, -0.25) is 4.79 Å². The molecule has 0 radical (unpaired) electrons. The van der Waals surface area contributed by atoms with Gasteiger partial charge in [0.25, 0.3) is 0 Å². The van der Waals surface area contributed by atoms with Gasteiger partial charge in [-0.1, -0.05) is 11.6 Å². The summed E-state index contributed by atoms with van der Waals surface area (Å²) in [6.45, 7) is 1.13. The Morgan fingerprint density at radius 3 is 3.06 bits per heavy atom. The van der Waals surface area contributed by atoms with Crippen LogP contribution in [0, 0.1) is 0 Å². The Morgan fingerprint density at radius 1 is 1.47 bits per heavy atom. The Bertz CT molecular complexity index is 459. The number of benzene rings is 1. The van der Waals surface area contributed by atoms with E-state index in [1.165, 1.54) is 23.3 Å². The van der Waals surface area contributed by atoms with Crippen molar-refractivity contribution in [2.45, 2.75) is 6.42 Å². The van der Waals surface area contributed by atoms with Crippen molar-refractivity contribution in [2.24, 2.45) is 0 Å². The number of carbonyl (C=O) groups is 1. The van der Waals surface area contributed by atoms with Crippen LogP contribution in [0.2, 0.25) is 5.02 Å². The van der Waals surface area contributed by atoms with Crippen LogP contribution in [0.1, 0.15) is 12.0 Å². The van der Waals surface area contributed by atoms with Crippen LogP contribution in [-0.4, -0.2) is 29.6 Å². The van der Waals surface area contributed by atoms with Gasteiger partial charge in [0, 0.05) is 12.1 Å². The maximum absolute atomic E-state index is 11.0. The molecule has 1 aliphatic rings. The molecular formula is C12H12ClNO3. The topological polar surface area (TPSA) is 49.8 Å². The molecule has 0 fully saturated rings. The zero-order chi connectivity index (χ0) is 12.3. The number of ether oxygens (including phenoxy) is 1. The van der Waals surface area contributed by atoms with Crippen LogP contribution in [0.3, 0.4) is 0 Å². The van der Waals surface area contributed by atoms with E-state index < -0.39 is 0 Å². The average Bonchev–Trinajstić information content (AvgIpc) is 2.57. The number of aromatic hydroxyl groups is 1. The van der Waals surface area contributed by atoms with Crippen LogP contribution >= 0.6 is 11.6 Å². The Kier molecular flexibility index (Phi) is 3.54. The fourth-order valence-corrected chi connectivity index (χ4v) is 1.90. The SMILES string of the molecule is O=CN1CCCOC=C1c1cc(O)ccc1Cl. The van der Waals surface area contributed by atoms with Crippen molar-refractivity contribution in [1.29, 1.82) is 0 Å². The number of halogens is 1. The van der Waals surface area contributed by atoms with Crippen LogP contribution in [0.25, 0.3) is 5.70 Å². The van der Waals surface area contributed by atoms with Gasteiger partial charge >= 0.3 is 0 Å². The molecule has 4 nitrogen and oxygen atoms in total. The molecular weight excluding hydrogens is 242 g/mol. The van der Waals surface area contributed by atoms with Gasteiger partial charge in [0.2, 0.25) is 6.41 Å². The highest BCUT2D eigenvalue weighted by Gasteiger charge is 2.17. The summed E-state index contributed by atoms with van der Waals surface area (Å²) < 4.78 is 5.29. The molecule has 1 aliphatic heterocycles. The highest BCUT2D eigenvalue weighted by atomic mass is 35.5. The molecule has 1 heterocycles. The molecule has 0 atom stereocenters. The highest BCUT2D eigenvalue weighted by Crippen LogP contribution is 2.30. The van der Waals surface area contributed by atoms with E-state index >= 15 is 0 Å². The third-order valence-corrected chi connectivity index (χ3v) is 2.85. The summed E-state index contributed by atoms with van der Waals surface area (Å²) >= 11 is 6.06. The van der Waals surface area contributed by atoms with Gasteiger partial charge in [-0.05, 0) is 24.6 Å². The predicted molar refractivity (Wildman–Crippen MR) is 64.4 cm³/mol. The van der Waals surface area contributed by atoms with E-state index in [0.717, 1.165) is 12.8 Å². The second-order valence-electron chi connectivity index (χ2n) is 3.69. The Morgan fingerprint density at radius 2 is 2.29 bits per heavy atom. The number of nitrogens with zero attached hydrogens (tertiary/aromatic N) is 1. The average molecular weight is 254 g/mol. The minimum Gasteiger partial charge on any atom is -0.508 e. The van der Waals surface area contributed by atoms with Crippen LogP contribution in [-0.2, 0) is 9.53 Å². The Hall–Kier alpha value is -1.68. The summed E-state index contributed by atoms with van der Waals surface area (Å²) in [4.78, 5) is 12.5. The van der Waals surface area contributed by atoms with Crippen molar-refractivity contribution < 1.29 is 14.6 Å². The summed E-state index contributed by atoms with van der Waals surface area (Å²) in [7, 11) is 0. The van der Waals surface area contributed by atoms with Gasteiger partial charge in [-0.25, -0.2) is 0 Å². The molecule has 0 aliphatic carbocycles. The maximum atomic E-state index is 11.0. The van der Waals surface area contributed by atoms with E-state index in [1.54, 1.807) is 6.07 Å². The number of phenols is 1. The molecule has 0 aromatic heterocycles. The molecule has 1 aromatic carbocycles. The number of hydrogen-bond acceptors (Lipinski definition) is 3. The zero-order valence-corrected chi connectivity index (χ0v) is 9.85. The molecule has 0 spiro atoms. The van der Waals surface area contributed by atoms with E-state index in [9.17, 15) is 9.90 Å². The maximum Gasteiger partial charge on any atom is 0.214 e. The first-order chi connectivity index (χ1) is 8.22. The molecule has 0 saturated carbocycles. The lowest BCUT2D eigenvalue weighted by Gasteiger charge is -2.18. The lowest BCUT2D eigenvalue weighted by Crippen LogP contribution is -2.20. The van der Waals surface area contributed by atoms with Gasteiger partial charge < -0.3 is 14.7 Å². The van der Waals surface area contributed by atoms with Crippen LogP contribution in [0.4, 0.5) is 0 Å². The number of carbonyl (C=O) groups excluding carboxylic acids is 1. The largest absolute Gasteiger partial charge is 0.508 e. The Labute approximate surface area is 104 Å². The fraction of sp³-hybridized carbons (Fsp3) is 0.250. The quantitative estimate of drug-likeness (QED) is 0.823. The first-order valence-corrected chi connectivity index (χ1v) is 5.63. The molecule has 1 amide bonds. The van der Waals surface area contributed by atoms with Crippen LogP contribution in [0.15, 0.2) is 24.5 Å². The first-order valence-electron chi connectivity index (χ1n) is 5.25. The second-order valence-corrected chi connectivity index (χ2v) is 4.10. The van der Waals surface area contributed by atoms with Crippen molar-refractivity contribution in [3.8, 4) is 5.75 Å². The normalized spacial score (nSPS) is 15.8. The van der Waals surface area contributed by atoms with E-state index in [0.29, 0.717) is 29.4 Å². The number of amides is 1. The molecule has 90 valence electrons. The summed E-state index contributed by atoms with van der Waals surface area (Å²) in [5, 5.41) is 9.93. The molecule has 0 bridgehead atoms. The number of rotatable bonds is 2. The second kappa shape index (κ2) is 5.10. The van der Waals surface area contributed by atoms with E-state index in [2.05, 4.69) is 0 Å². The predicted octanol–water partition coefficient (Wildman–Crippen LogP) is 2.22. The summed E-state index contributed by atoms with van der Waals surface area (Å²) in [6.07, 6.45) is 3.00. The molecule has 5 heteroatoms. The van der Waals surface area contributed by atoms with Crippen molar-refractivity contribution in [1.82, 2.24) is 4.90 Å². The summed E-state index contributed by atoms with van der Waals surface area (Å²) in [5.74, 6) is 0.0976.